The Kier molecular flexibility index (Phi) is 4.95. The Balaban J connectivity index is 1.96. The number of nitrogens with zero attached hydrogens (tertiary/aromatic N) is 2. The fourth-order valence-electron chi connectivity index (χ4n) is 2.55. The van der Waals surface area contributed by atoms with Crippen LogP contribution >= 0.6 is 0 Å². The molecule has 1 aromatic rings. The molecule has 20 heavy (non-hydrogen) atoms. The summed E-state index contributed by atoms with van der Waals surface area (Å²) in [4.78, 5) is 12.7. The Morgan fingerprint density at radius 3 is 2.75 bits per heavy atom. The van der Waals surface area contributed by atoms with Crippen molar-refractivity contribution in [3.05, 3.63) is 35.9 Å². The number of benzene rings is 1. The summed E-state index contributed by atoms with van der Waals surface area (Å²) >= 11 is 0. The van der Waals surface area contributed by atoms with Gasteiger partial charge in [0.15, 0.2) is 0 Å². The van der Waals surface area contributed by atoms with Crippen molar-refractivity contribution in [3.8, 4) is 0 Å². The Morgan fingerprint density at radius 1 is 1.45 bits per heavy atom. The quantitative estimate of drug-likeness (QED) is 0.321. The van der Waals surface area contributed by atoms with Crippen LogP contribution in [0.25, 0.3) is 0 Å². The summed E-state index contributed by atoms with van der Waals surface area (Å²) in [6.45, 7) is 0.707. The Hall–Kier alpha value is -2.08. The van der Waals surface area contributed by atoms with E-state index >= 15 is 0 Å². The normalized spacial score (nSPS) is 23.1. The van der Waals surface area contributed by atoms with Crippen LogP contribution in [0, 0.1) is 0 Å². The number of rotatable bonds is 4. The van der Waals surface area contributed by atoms with E-state index in [9.17, 15) is 4.79 Å². The van der Waals surface area contributed by atoms with Crippen LogP contribution in [0.3, 0.4) is 0 Å². The molecule has 0 saturated carbocycles. The van der Waals surface area contributed by atoms with Crippen molar-refractivity contribution in [2.24, 2.45) is 10.8 Å². The van der Waals surface area contributed by atoms with Gasteiger partial charge >= 0.3 is 0 Å². The molecule has 2 atom stereocenters. The van der Waals surface area contributed by atoms with Crippen molar-refractivity contribution in [2.75, 3.05) is 13.6 Å². The van der Waals surface area contributed by atoms with E-state index < -0.39 is 0 Å². The first-order chi connectivity index (χ1) is 9.76. The molecule has 0 radical (unpaired) electrons. The van der Waals surface area contributed by atoms with Crippen molar-refractivity contribution in [3.63, 3.8) is 0 Å². The van der Waals surface area contributed by atoms with Crippen molar-refractivity contribution < 1.29 is 4.79 Å². The van der Waals surface area contributed by atoms with Gasteiger partial charge in [-0.3, -0.25) is 9.69 Å². The highest BCUT2D eigenvalue weighted by Gasteiger charge is 2.27. The van der Waals surface area contributed by atoms with E-state index in [2.05, 4.69) is 28.0 Å². The number of carbonyl (C=O) groups excluding carboxylic acids is 1. The summed E-state index contributed by atoms with van der Waals surface area (Å²) in [6.07, 6.45) is 2.60. The van der Waals surface area contributed by atoms with Gasteiger partial charge in [0.25, 0.3) is 0 Å². The highest BCUT2D eigenvalue weighted by atomic mass is 16.1. The van der Waals surface area contributed by atoms with Crippen LogP contribution in [-0.2, 0) is 4.79 Å². The molecule has 1 fully saturated rings. The Morgan fingerprint density at radius 2 is 2.20 bits per heavy atom. The summed E-state index contributed by atoms with van der Waals surface area (Å²) in [5, 5.41) is 7.33. The summed E-state index contributed by atoms with van der Waals surface area (Å²) in [7, 11) is 1.65. The second-order valence-corrected chi connectivity index (χ2v) is 4.81. The van der Waals surface area contributed by atoms with Crippen molar-refractivity contribution in [1.29, 1.82) is 0 Å². The SMILES string of the molecule is CN/N=C(/N)N(C=O)C1CCC(c2ccccc2)NC1. The fourth-order valence-corrected chi connectivity index (χ4v) is 2.55. The van der Waals surface area contributed by atoms with Gasteiger partial charge in [0, 0.05) is 19.6 Å². The van der Waals surface area contributed by atoms with Gasteiger partial charge in [-0.2, -0.15) is 0 Å². The van der Waals surface area contributed by atoms with E-state index in [-0.39, 0.29) is 12.0 Å². The second kappa shape index (κ2) is 6.91. The zero-order valence-corrected chi connectivity index (χ0v) is 11.6. The molecule has 6 heteroatoms. The predicted octanol–water partition coefficient (Wildman–Crippen LogP) is 0.387. The number of piperidine rings is 1. The molecule has 1 aliphatic heterocycles. The average molecular weight is 275 g/mol. The summed E-state index contributed by atoms with van der Waals surface area (Å²) in [6, 6.07) is 10.7. The second-order valence-electron chi connectivity index (χ2n) is 4.81. The van der Waals surface area contributed by atoms with E-state index in [1.54, 1.807) is 7.05 Å². The number of nitrogens with two attached hydrogens (primary N) is 1. The van der Waals surface area contributed by atoms with Gasteiger partial charge in [0.1, 0.15) is 0 Å². The minimum atomic E-state index is 0.0459. The van der Waals surface area contributed by atoms with Gasteiger partial charge in [0.2, 0.25) is 12.4 Å². The smallest absolute Gasteiger partial charge is 0.220 e. The van der Waals surface area contributed by atoms with Crippen LogP contribution in [0.1, 0.15) is 24.4 Å². The number of guanidine groups is 1. The molecule has 6 nitrogen and oxygen atoms in total. The zero-order valence-electron chi connectivity index (χ0n) is 11.6. The predicted molar refractivity (Wildman–Crippen MR) is 78.8 cm³/mol. The van der Waals surface area contributed by atoms with E-state index in [4.69, 9.17) is 5.73 Å². The molecule has 1 amide bonds. The lowest BCUT2D eigenvalue weighted by Crippen LogP contribution is -2.51. The molecule has 4 N–H and O–H groups in total. The van der Waals surface area contributed by atoms with Gasteiger partial charge in [-0.15, -0.1) is 5.10 Å². The van der Waals surface area contributed by atoms with Crippen LogP contribution in [0.2, 0.25) is 0 Å². The maximum absolute atomic E-state index is 11.2. The molecule has 0 bridgehead atoms. The molecule has 1 heterocycles. The Bertz CT molecular complexity index is 454. The van der Waals surface area contributed by atoms with Crippen molar-refractivity contribution in [1.82, 2.24) is 15.6 Å². The molecule has 1 aliphatic rings. The maximum atomic E-state index is 11.2. The number of hydrazone groups is 1. The number of hydrogen-bond donors (Lipinski definition) is 3. The van der Waals surface area contributed by atoms with Crippen LogP contribution in [0.15, 0.2) is 35.4 Å². The maximum Gasteiger partial charge on any atom is 0.220 e. The number of nitrogens with one attached hydrogen (secondary N) is 2. The molecule has 2 unspecified atom stereocenters. The van der Waals surface area contributed by atoms with Crippen molar-refractivity contribution >= 4 is 12.4 Å². The van der Waals surface area contributed by atoms with E-state index in [1.165, 1.54) is 10.5 Å². The lowest BCUT2D eigenvalue weighted by molar-refractivity contribution is -0.116. The average Bonchev–Trinajstić information content (AvgIpc) is 2.50. The van der Waals surface area contributed by atoms with Crippen molar-refractivity contribution in [2.45, 2.75) is 24.9 Å². The zero-order chi connectivity index (χ0) is 14.4. The molecular weight excluding hydrogens is 254 g/mol. The van der Waals surface area contributed by atoms with Crippen LogP contribution in [-0.4, -0.2) is 36.9 Å². The lowest BCUT2D eigenvalue weighted by Gasteiger charge is -2.35. The molecular formula is C14H21N5O. The molecule has 108 valence electrons. The standard InChI is InChI=1S/C14H21N5O/c1-16-18-14(15)19(10-20)12-7-8-13(17-9-12)11-5-3-2-4-6-11/h2-6,10,12-13,16-17H,7-9H2,1H3,(H2,15,18). The molecule has 0 aliphatic carbocycles. The first-order valence-corrected chi connectivity index (χ1v) is 6.78. The van der Waals surface area contributed by atoms with Crippen LogP contribution in [0.4, 0.5) is 0 Å². The largest absolute Gasteiger partial charge is 0.368 e. The van der Waals surface area contributed by atoms with E-state index in [0.29, 0.717) is 12.6 Å². The monoisotopic (exact) mass is 275 g/mol. The summed E-state index contributed by atoms with van der Waals surface area (Å²) < 4.78 is 0. The van der Waals surface area contributed by atoms with Gasteiger partial charge in [0.05, 0.1) is 6.04 Å². The fraction of sp³-hybridized carbons (Fsp3) is 0.429. The Labute approximate surface area is 119 Å². The van der Waals surface area contributed by atoms with E-state index in [0.717, 1.165) is 19.3 Å². The van der Waals surface area contributed by atoms with Gasteiger partial charge in [-0.25, -0.2) is 0 Å². The van der Waals surface area contributed by atoms with Gasteiger partial charge in [-0.1, -0.05) is 30.3 Å². The molecule has 0 spiro atoms. The van der Waals surface area contributed by atoms with E-state index in [1.807, 2.05) is 18.2 Å². The highest BCUT2D eigenvalue weighted by Crippen LogP contribution is 2.24. The third-order valence-electron chi connectivity index (χ3n) is 3.59. The van der Waals surface area contributed by atoms with Crippen LogP contribution in [0.5, 0.6) is 0 Å². The number of hydrogen-bond acceptors (Lipinski definition) is 4. The third kappa shape index (κ3) is 3.27. The summed E-state index contributed by atoms with van der Waals surface area (Å²) in [5.74, 6) is 0.201. The summed E-state index contributed by atoms with van der Waals surface area (Å²) in [5.41, 5.74) is 9.65. The molecule has 1 aromatic carbocycles. The molecule has 2 rings (SSSR count). The minimum absolute atomic E-state index is 0.0459. The van der Waals surface area contributed by atoms with Gasteiger partial charge < -0.3 is 16.5 Å². The third-order valence-corrected chi connectivity index (χ3v) is 3.59. The number of carbonyl (C=O) groups is 1. The molecule has 0 aromatic heterocycles. The van der Waals surface area contributed by atoms with Crippen LogP contribution < -0.4 is 16.5 Å². The molecule has 1 saturated heterocycles. The highest BCUT2D eigenvalue weighted by molar-refractivity contribution is 5.87. The first kappa shape index (κ1) is 14.3. The first-order valence-electron chi connectivity index (χ1n) is 6.78. The topological polar surface area (TPSA) is 82.8 Å². The van der Waals surface area contributed by atoms with Gasteiger partial charge in [-0.05, 0) is 18.4 Å². The lowest BCUT2D eigenvalue weighted by atomic mass is 9.94. The number of amides is 1. The minimum Gasteiger partial charge on any atom is -0.368 e.